The van der Waals surface area contributed by atoms with E-state index in [0.29, 0.717) is 18.4 Å². The summed E-state index contributed by atoms with van der Waals surface area (Å²) >= 11 is 0. The van der Waals surface area contributed by atoms with Crippen LogP contribution in [0.2, 0.25) is 0 Å². The number of aliphatic hydroxyl groups excluding tert-OH is 4. The van der Waals surface area contributed by atoms with Gasteiger partial charge in [-0.25, -0.2) is 4.79 Å². The van der Waals surface area contributed by atoms with Crippen LogP contribution in [0.4, 0.5) is 0 Å². The summed E-state index contributed by atoms with van der Waals surface area (Å²) in [6, 6.07) is 0. The summed E-state index contributed by atoms with van der Waals surface area (Å²) in [5.74, 6) is -0.299. The average Bonchev–Trinajstić information content (AvgIpc) is 3.24. The molecular formula is C20H28O8. The van der Waals surface area contributed by atoms with Crippen molar-refractivity contribution in [3.63, 3.8) is 0 Å². The van der Waals surface area contributed by atoms with Gasteiger partial charge in [0.2, 0.25) is 0 Å². The van der Waals surface area contributed by atoms with Gasteiger partial charge in [0.1, 0.15) is 30.5 Å². The lowest BCUT2D eigenvalue weighted by atomic mass is 9.78. The third kappa shape index (κ3) is 3.03. The Morgan fingerprint density at radius 3 is 2.71 bits per heavy atom. The minimum atomic E-state index is -1.48. The third-order valence-corrected chi connectivity index (χ3v) is 6.84. The molecule has 0 aromatic carbocycles. The van der Waals surface area contributed by atoms with E-state index in [0.717, 1.165) is 12.0 Å². The van der Waals surface area contributed by atoms with E-state index in [1.165, 1.54) is 0 Å². The van der Waals surface area contributed by atoms with E-state index in [2.05, 4.69) is 12.2 Å². The Morgan fingerprint density at radius 2 is 2.00 bits per heavy atom. The summed E-state index contributed by atoms with van der Waals surface area (Å²) in [6.07, 6.45) is -0.780. The Bertz CT molecular complexity index is 700. The fourth-order valence-corrected chi connectivity index (χ4v) is 5.05. The molecule has 28 heavy (non-hydrogen) atoms. The number of fused-ring (bicyclic) bond motifs is 3. The van der Waals surface area contributed by atoms with Gasteiger partial charge in [-0.1, -0.05) is 12.2 Å². The molecular weight excluding hydrogens is 368 g/mol. The van der Waals surface area contributed by atoms with E-state index in [9.17, 15) is 25.2 Å². The molecule has 9 atom stereocenters. The van der Waals surface area contributed by atoms with Crippen molar-refractivity contribution < 1.29 is 39.4 Å². The van der Waals surface area contributed by atoms with Gasteiger partial charge in [0.25, 0.3) is 0 Å². The molecule has 2 aliphatic carbocycles. The minimum Gasteiger partial charge on any atom is -0.454 e. The van der Waals surface area contributed by atoms with Gasteiger partial charge >= 0.3 is 5.97 Å². The predicted molar refractivity (Wildman–Crippen MR) is 95.8 cm³/mol. The minimum absolute atomic E-state index is 0.000990. The highest BCUT2D eigenvalue weighted by atomic mass is 16.7. The summed E-state index contributed by atoms with van der Waals surface area (Å²) in [5, 5.41) is 39.9. The summed E-state index contributed by atoms with van der Waals surface area (Å²) in [5.41, 5.74) is 0.931. The van der Waals surface area contributed by atoms with E-state index < -0.39 is 42.9 Å². The zero-order chi connectivity index (χ0) is 20.2. The maximum absolute atomic E-state index is 12.0. The Labute approximate surface area is 163 Å². The molecule has 156 valence electrons. The SMILES string of the molecule is CC1=C2CCC(C)(O[C@@H]3O[C@H](CO)[C@@H](O)[C@H](O)[C@H]3O)C3CC=CC3C2OC1=O. The maximum Gasteiger partial charge on any atom is 0.334 e. The van der Waals surface area contributed by atoms with E-state index in [1.54, 1.807) is 6.92 Å². The standard InChI is InChI=1S/C20H28O8/c1-9-10-6-7-20(2,12-5-3-4-11(12)17(10)27-18(9)25)28-19-16(24)15(23)14(22)13(8-21)26-19/h3-4,11-17,19,21-24H,5-8H2,1-2H3/t11?,12?,13-,14-,15+,16-,17?,19+,20?/m1/s1. The van der Waals surface area contributed by atoms with E-state index in [1.807, 2.05) is 6.92 Å². The molecule has 8 nitrogen and oxygen atoms in total. The molecule has 4 unspecified atom stereocenters. The van der Waals surface area contributed by atoms with Crippen LogP contribution in [0.25, 0.3) is 0 Å². The van der Waals surface area contributed by atoms with Gasteiger partial charge in [-0.05, 0) is 38.7 Å². The highest BCUT2D eigenvalue weighted by Crippen LogP contribution is 2.50. The van der Waals surface area contributed by atoms with Crippen molar-refractivity contribution in [2.75, 3.05) is 6.61 Å². The second-order valence-corrected chi connectivity index (χ2v) is 8.45. The maximum atomic E-state index is 12.0. The van der Waals surface area contributed by atoms with Gasteiger partial charge in [0.05, 0.1) is 12.2 Å². The van der Waals surface area contributed by atoms with Gasteiger partial charge in [-0.2, -0.15) is 0 Å². The Kier molecular flexibility index (Phi) is 5.14. The first-order valence-corrected chi connectivity index (χ1v) is 9.82. The summed E-state index contributed by atoms with van der Waals surface area (Å²) < 4.78 is 17.5. The number of rotatable bonds is 3. The highest BCUT2D eigenvalue weighted by Gasteiger charge is 2.54. The molecule has 2 fully saturated rings. The Morgan fingerprint density at radius 1 is 1.25 bits per heavy atom. The van der Waals surface area contributed by atoms with Crippen LogP contribution in [0.5, 0.6) is 0 Å². The van der Waals surface area contributed by atoms with Gasteiger partial charge in [-0.3, -0.25) is 0 Å². The number of allylic oxidation sites excluding steroid dienone is 1. The van der Waals surface area contributed by atoms with E-state index in [4.69, 9.17) is 14.2 Å². The number of aliphatic hydroxyl groups is 4. The molecule has 0 aromatic heterocycles. The molecule has 4 aliphatic rings. The fourth-order valence-electron chi connectivity index (χ4n) is 5.05. The van der Waals surface area contributed by atoms with Gasteiger partial charge in [-0.15, -0.1) is 0 Å². The molecule has 2 aliphatic heterocycles. The van der Waals surface area contributed by atoms with Crippen molar-refractivity contribution in [1.29, 1.82) is 0 Å². The third-order valence-electron chi connectivity index (χ3n) is 6.84. The molecule has 8 heteroatoms. The number of hydrogen-bond acceptors (Lipinski definition) is 8. The van der Waals surface area contributed by atoms with Crippen LogP contribution in [0.1, 0.15) is 33.1 Å². The van der Waals surface area contributed by atoms with Crippen molar-refractivity contribution in [3.05, 3.63) is 23.3 Å². The number of carbonyl (C=O) groups excluding carboxylic acids is 1. The van der Waals surface area contributed by atoms with Crippen molar-refractivity contribution in [3.8, 4) is 0 Å². The first-order valence-electron chi connectivity index (χ1n) is 9.82. The zero-order valence-corrected chi connectivity index (χ0v) is 16.0. The number of carbonyl (C=O) groups is 1. The Balaban J connectivity index is 1.60. The largest absolute Gasteiger partial charge is 0.454 e. The lowest BCUT2D eigenvalue weighted by Gasteiger charge is -2.46. The average molecular weight is 396 g/mol. The van der Waals surface area contributed by atoms with Crippen molar-refractivity contribution >= 4 is 5.97 Å². The summed E-state index contributed by atoms with van der Waals surface area (Å²) in [7, 11) is 0. The fraction of sp³-hybridized carbons (Fsp3) is 0.750. The molecule has 0 spiro atoms. The second-order valence-electron chi connectivity index (χ2n) is 8.45. The van der Waals surface area contributed by atoms with Gasteiger partial charge in [0, 0.05) is 17.4 Å². The lowest BCUT2D eigenvalue weighted by Crippen LogP contribution is -2.61. The van der Waals surface area contributed by atoms with Crippen LogP contribution in [-0.4, -0.2) is 75.4 Å². The van der Waals surface area contributed by atoms with Crippen molar-refractivity contribution in [1.82, 2.24) is 0 Å². The highest BCUT2D eigenvalue weighted by molar-refractivity contribution is 5.91. The van der Waals surface area contributed by atoms with Crippen molar-refractivity contribution in [2.45, 2.75) is 75.5 Å². The smallest absolute Gasteiger partial charge is 0.334 e. The van der Waals surface area contributed by atoms with Crippen LogP contribution in [0.15, 0.2) is 23.3 Å². The second kappa shape index (κ2) is 7.19. The van der Waals surface area contributed by atoms with Crippen LogP contribution >= 0.6 is 0 Å². The van der Waals surface area contributed by atoms with Gasteiger partial charge < -0.3 is 34.6 Å². The Hall–Kier alpha value is -1.29. The summed E-state index contributed by atoms with van der Waals surface area (Å²) in [6.45, 7) is 3.23. The van der Waals surface area contributed by atoms with Gasteiger partial charge in [0.15, 0.2) is 6.29 Å². The number of hydrogen-bond donors (Lipinski definition) is 4. The predicted octanol–water partition coefficient (Wildman–Crippen LogP) is -0.210. The van der Waals surface area contributed by atoms with Crippen LogP contribution in [0, 0.1) is 11.8 Å². The summed E-state index contributed by atoms with van der Waals surface area (Å²) in [4.78, 5) is 12.0. The first kappa shape index (κ1) is 20.0. The van der Waals surface area contributed by atoms with E-state index >= 15 is 0 Å². The number of ether oxygens (including phenoxy) is 3. The van der Waals surface area contributed by atoms with Crippen LogP contribution in [0.3, 0.4) is 0 Å². The van der Waals surface area contributed by atoms with Crippen LogP contribution < -0.4 is 0 Å². The topological polar surface area (TPSA) is 126 Å². The molecule has 4 rings (SSSR count). The molecule has 0 amide bonds. The quantitative estimate of drug-likeness (QED) is 0.381. The number of esters is 1. The normalized spacial score (nSPS) is 48.3. The molecule has 1 saturated carbocycles. The first-order chi connectivity index (χ1) is 13.3. The zero-order valence-electron chi connectivity index (χ0n) is 16.0. The van der Waals surface area contributed by atoms with Crippen LogP contribution in [-0.2, 0) is 19.0 Å². The molecule has 0 aromatic rings. The van der Waals surface area contributed by atoms with Crippen molar-refractivity contribution in [2.24, 2.45) is 11.8 Å². The molecule has 0 radical (unpaired) electrons. The molecule has 4 N–H and O–H groups in total. The molecule has 0 bridgehead atoms. The van der Waals surface area contributed by atoms with E-state index in [-0.39, 0.29) is 23.9 Å². The lowest BCUT2D eigenvalue weighted by molar-refractivity contribution is -0.332. The molecule has 2 heterocycles. The molecule has 1 saturated heterocycles. The monoisotopic (exact) mass is 396 g/mol.